The fourth-order valence-corrected chi connectivity index (χ4v) is 1.39. The van der Waals surface area contributed by atoms with E-state index in [0.717, 1.165) is 5.56 Å². The molecule has 1 rings (SSSR count). The molecule has 0 amide bonds. The van der Waals surface area contributed by atoms with Crippen molar-refractivity contribution in [2.45, 2.75) is 32.8 Å². The highest BCUT2D eigenvalue weighted by atomic mass is 19.1. The van der Waals surface area contributed by atoms with E-state index in [9.17, 15) is 9.18 Å². The van der Waals surface area contributed by atoms with Crippen LogP contribution in [0.4, 0.5) is 4.39 Å². The Morgan fingerprint density at radius 2 is 2.00 bits per heavy atom. The van der Waals surface area contributed by atoms with E-state index < -0.39 is 5.97 Å². The average Bonchev–Trinajstić information content (AvgIpc) is 2.31. The molecule has 0 atom stereocenters. The molecule has 0 unspecified atom stereocenters. The van der Waals surface area contributed by atoms with Crippen LogP contribution in [0.3, 0.4) is 0 Å². The second kappa shape index (κ2) is 6.74. The number of ether oxygens (including phenoxy) is 1. The number of aryl methyl sites for hydroxylation is 1. The Balaban J connectivity index is 2.55. The summed E-state index contributed by atoms with van der Waals surface area (Å²) >= 11 is 0. The predicted molar refractivity (Wildman–Crippen MR) is 65.2 cm³/mol. The van der Waals surface area contributed by atoms with Crippen molar-refractivity contribution in [3.63, 3.8) is 0 Å². The van der Waals surface area contributed by atoms with Gasteiger partial charge in [-0.3, -0.25) is 0 Å². The summed E-state index contributed by atoms with van der Waals surface area (Å²) in [6, 6.07) is 5.94. The van der Waals surface area contributed by atoms with Crippen LogP contribution in [0.1, 0.15) is 25.8 Å². The number of oxime groups is 1. The van der Waals surface area contributed by atoms with Crippen molar-refractivity contribution in [1.82, 2.24) is 0 Å². The van der Waals surface area contributed by atoms with E-state index in [2.05, 4.69) is 5.16 Å². The van der Waals surface area contributed by atoms with Crippen molar-refractivity contribution in [3.8, 4) is 0 Å². The largest absolute Gasteiger partial charge is 0.458 e. The Morgan fingerprint density at radius 1 is 1.39 bits per heavy atom. The van der Waals surface area contributed by atoms with Gasteiger partial charge in [-0.15, -0.1) is 0 Å². The van der Waals surface area contributed by atoms with Crippen molar-refractivity contribution in [1.29, 1.82) is 0 Å². The Labute approximate surface area is 105 Å². The molecule has 0 fully saturated rings. The van der Waals surface area contributed by atoms with Crippen molar-refractivity contribution in [2.75, 3.05) is 0 Å². The molecule has 0 aliphatic carbocycles. The van der Waals surface area contributed by atoms with Gasteiger partial charge in [0.25, 0.3) is 0 Å². The molecule has 0 spiro atoms. The van der Waals surface area contributed by atoms with Gasteiger partial charge in [0.15, 0.2) is 5.71 Å². The van der Waals surface area contributed by atoms with Crippen LogP contribution < -0.4 is 0 Å². The molecule has 18 heavy (non-hydrogen) atoms. The van der Waals surface area contributed by atoms with Gasteiger partial charge in [-0.05, 0) is 38.0 Å². The summed E-state index contributed by atoms with van der Waals surface area (Å²) in [5.74, 6) is -0.941. The first-order valence-corrected chi connectivity index (χ1v) is 5.69. The zero-order chi connectivity index (χ0) is 13.5. The van der Waals surface area contributed by atoms with Crippen molar-refractivity contribution in [3.05, 3.63) is 35.6 Å². The van der Waals surface area contributed by atoms with Crippen LogP contribution in [-0.4, -0.2) is 23.0 Å². The Morgan fingerprint density at radius 3 is 2.50 bits per heavy atom. The van der Waals surface area contributed by atoms with Crippen LogP contribution in [0.15, 0.2) is 29.4 Å². The first kappa shape index (κ1) is 14.2. The standard InChI is InChI=1S/C13H16FNO3/c1-9(2)18-13(16)12(15-17)8-5-10-3-6-11(14)7-4-10/h3-4,6-7,9,17H,5,8H2,1-2H3/b15-12+. The third-order valence-corrected chi connectivity index (χ3v) is 2.26. The van der Waals surface area contributed by atoms with Crippen LogP contribution in [0, 0.1) is 5.82 Å². The molecule has 0 saturated heterocycles. The van der Waals surface area contributed by atoms with Gasteiger partial charge in [-0.2, -0.15) is 0 Å². The number of carbonyl (C=O) groups is 1. The minimum Gasteiger partial charge on any atom is -0.458 e. The monoisotopic (exact) mass is 253 g/mol. The highest BCUT2D eigenvalue weighted by molar-refractivity contribution is 6.36. The number of esters is 1. The zero-order valence-electron chi connectivity index (χ0n) is 10.4. The molecule has 0 heterocycles. The topological polar surface area (TPSA) is 58.9 Å². The lowest BCUT2D eigenvalue weighted by Gasteiger charge is -2.08. The maximum Gasteiger partial charge on any atom is 0.356 e. The predicted octanol–water partition coefficient (Wildman–Crippen LogP) is 2.54. The van der Waals surface area contributed by atoms with E-state index in [1.165, 1.54) is 12.1 Å². The quantitative estimate of drug-likeness (QED) is 0.379. The Hall–Kier alpha value is -1.91. The van der Waals surface area contributed by atoms with Gasteiger partial charge >= 0.3 is 5.97 Å². The molecule has 4 nitrogen and oxygen atoms in total. The highest BCUT2D eigenvalue weighted by Gasteiger charge is 2.15. The van der Waals surface area contributed by atoms with E-state index in [0.29, 0.717) is 6.42 Å². The molecule has 0 saturated carbocycles. The van der Waals surface area contributed by atoms with Gasteiger partial charge in [0.2, 0.25) is 0 Å². The highest BCUT2D eigenvalue weighted by Crippen LogP contribution is 2.07. The summed E-state index contributed by atoms with van der Waals surface area (Å²) in [5, 5.41) is 11.7. The lowest BCUT2D eigenvalue weighted by molar-refractivity contribution is -0.139. The maximum atomic E-state index is 12.7. The molecule has 0 radical (unpaired) electrons. The normalized spacial score (nSPS) is 11.7. The molecule has 0 aliphatic heterocycles. The zero-order valence-corrected chi connectivity index (χ0v) is 10.4. The number of carbonyl (C=O) groups excluding carboxylic acids is 1. The molecule has 1 aromatic carbocycles. The van der Waals surface area contributed by atoms with Gasteiger partial charge in [0, 0.05) is 6.42 Å². The average molecular weight is 253 g/mol. The number of rotatable bonds is 5. The van der Waals surface area contributed by atoms with Gasteiger partial charge in [-0.1, -0.05) is 17.3 Å². The van der Waals surface area contributed by atoms with Crippen molar-refractivity contribution < 1.29 is 19.1 Å². The van der Waals surface area contributed by atoms with Gasteiger partial charge in [-0.25, -0.2) is 9.18 Å². The van der Waals surface area contributed by atoms with Crippen LogP contribution in [0.25, 0.3) is 0 Å². The third-order valence-electron chi connectivity index (χ3n) is 2.26. The lowest BCUT2D eigenvalue weighted by Crippen LogP contribution is -2.21. The summed E-state index contributed by atoms with van der Waals surface area (Å²) in [6.45, 7) is 3.43. The Kier molecular flexibility index (Phi) is 5.30. The number of halogens is 1. The van der Waals surface area contributed by atoms with Gasteiger partial charge in [0.05, 0.1) is 6.10 Å². The van der Waals surface area contributed by atoms with Crippen molar-refractivity contribution in [2.24, 2.45) is 5.16 Å². The van der Waals surface area contributed by atoms with E-state index in [1.807, 2.05) is 0 Å². The SMILES string of the molecule is CC(C)OC(=O)/C(CCc1ccc(F)cc1)=N/O. The number of nitrogens with zero attached hydrogens (tertiary/aromatic N) is 1. The van der Waals surface area contributed by atoms with Crippen LogP contribution in [-0.2, 0) is 16.0 Å². The first-order valence-electron chi connectivity index (χ1n) is 5.69. The molecular weight excluding hydrogens is 237 g/mol. The molecule has 98 valence electrons. The summed E-state index contributed by atoms with van der Waals surface area (Å²) in [6.07, 6.45) is 0.459. The van der Waals surface area contributed by atoms with E-state index in [1.54, 1.807) is 26.0 Å². The summed E-state index contributed by atoms with van der Waals surface area (Å²) in [5.41, 5.74) is 0.822. The van der Waals surface area contributed by atoms with Gasteiger partial charge < -0.3 is 9.94 Å². The second-order valence-corrected chi connectivity index (χ2v) is 4.13. The van der Waals surface area contributed by atoms with Crippen LogP contribution in [0.5, 0.6) is 0 Å². The van der Waals surface area contributed by atoms with E-state index >= 15 is 0 Å². The van der Waals surface area contributed by atoms with E-state index in [-0.39, 0.29) is 24.1 Å². The molecular formula is C13H16FNO3. The fraction of sp³-hybridized carbons (Fsp3) is 0.385. The minimum atomic E-state index is -0.630. The second-order valence-electron chi connectivity index (χ2n) is 4.13. The summed E-state index contributed by atoms with van der Waals surface area (Å²) in [7, 11) is 0. The van der Waals surface area contributed by atoms with E-state index in [4.69, 9.17) is 9.94 Å². The molecule has 0 aliphatic rings. The molecule has 5 heteroatoms. The summed E-state index contributed by atoms with van der Waals surface area (Å²) < 4.78 is 17.6. The van der Waals surface area contributed by atoms with Crippen LogP contribution >= 0.6 is 0 Å². The minimum absolute atomic E-state index is 0.0342. The maximum absolute atomic E-state index is 12.7. The fourth-order valence-electron chi connectivity index (χ4n) is 1.39. The van der Waals surface area contributed by atoms with Gasteiger partial charge in [0.1, 0.15) is 5.82 Å². The smallest absolute Gasteiger partial charge is 0.356 e. The summed E-state index contributed by atoms with van der Waals surface area (Å²) in [4.78, 5) is 11.5. The molecule has 0 aromatic heterocycles. The number of benzene rings is 1. The molecule has 1 N–H and O–H groups in total. The number of hydrogen-bond acceptors (Lipinski definition) is 4. The number of hydrogen-bond donors (Lipinski definition) is 1. The Bertz CT molecular complexity index is 426. The van der Waals surface area contributed by atoms with Crippen LogP contribution in [0.2, 0.25) is 0 Å². The third kappa shape index (κ3) is 4.53. The molecule has 1 aromatic rings. The first-order chi connectivity index (χ1) is 8.52. The van der Waals surface area contributed by atoms with Crippen molar-refractivity contribution >= 4 is 11.7 Å². The molecule has 0 bridgehead atoms. The lowest BCUT2D eigenvalue weighted by atomic mass is 10.1.